The van der Waals surface area contributed by atoms with Crippen molar-refractivity contribution in [3.05, 3.63) is 210 Å². The maximum atomic E-state index is 2.48. The maximum Gasteiger partial charge on any atom is 0.0745 e. The minimum Gasteiger partial charge on any atom is -0.309 e. The van der Waals surface area contributed by atoms with Gasteiger partial charge in [-0.3, -0.25) is 0 Å². The van der Waals surface area contributed by atoms with Crippen molar-refractivity contribution in [2.24, 2.45) is 0 Å². The van der Waals surface area contributed by atoms with Crippen molar-refractivity contribution in [3.63, 3.8) is 0 Å². The summed E-state index contributed by atoms with van der Waals surface area (Å²) in [6.07, 6.45) is 0. The minimum atomic E-state index is -0.499. The van der Waals surface area contributed by atoms with Crippen molar-refractivity contribution in [1.29, 1.82) is 0 Å². The maximum absolute atomic E-state index is 2.48. The zero-order valence-electron chi connectivity index (χ0n) is 28.2. The molecule has 1 spiro atoms. The summed E-state index contributed by atoms with van der Waals surface area (Å²) in [4.78, 5) is 5.25. The molecule has 0 bridgehead atoms. The van der Waals surface area contributed by atoms with Crippen LogP contribution in [-0.4, -0.2) is 4.57 Å². The molecule has 2 aliphatic rings. The van der Waals surface area contributed by atoms with Crippen LogP contribution < -0.4 is 0 Å². The number of nitrogens with zero attached hydrogens (tertiary/aromatic N) is 1. The Bertz CT molecular complexity index is 2810. The van der Waals surface area contributed by atoms with Gasteiger partial charge in [-0.1, -0.05) is 163 Å². The molecular weight excluding hydrogens is 667 g/mol. The van der Waals surface area contributed by atoms with E-state index in [2.05, 4.69) is 193 Å². The molecule has 3 heteroatoms. The average Bonchev–Trinajstić information content (AvgIpc) is 3.56. The first kappa shape index (κ1) is 29.9. The second-order valence-corrected chi connectivity index (χ2v) is 15.7. The molecule has 8 aromatic carbocycles. The third-order valence-corrected chi connectivity index (χ3v) is 13.3. The Balaban J connectivity index is 1.25. The van der Waals surface area contributed by atoms with Gasteiger partial charge >= 0.3 is 0 Å². The Labute approximate surface area is 311 Å². The molecular formula is C49H31NS2. The summed E-state index contributed by atoms with van der Waals surface area (Å²) in [5.41, 5.74) is 13.5. The lowest BCUT2D eigenvalue weighted by atomic mass is 9.64. The molecule has 0 atom stereocenters. The summed E-state index contributed by atoms with van der Waals surface area (Å²) in [6, 6.07) is 69.7. The van der Waals surface area contributed by atoms with Crippen LogP contribution in [0.3, 0.4) is 0 Å². The Morgan fingerprint density at radius 1 is 0.385 bits per heavy atom. The summed E-state index contributed by atoms with van der Waals surface area (Å²) < 4.78 is 2.42. The van der Waals surface area contributed by atoms with Gasteiger partial charge < -0.3 is 4.57 Å². The van der Waals surface area contributed by atoms with Gasteiger partial charge in [0.1, 0.15) is 0 Å². The lowest BCUT2D eigenvalue weighted by molar-refractivity contribution is 0.668. The van der Waals surface area contributed by atoms with Crippen LogP contribution in [0, 0.1) is 0 Å². The third-order valence-electron chi connectivity index (χ3n) is 10.9. The van der Waals surface area contributed by atoms with Gasteiger partial charge in [0.15, 0.2) is 0 Å². The first-order chi connectivity index (χ1) is 25.8. The standard InChI is InChI=1S/C49H31NS2/c1-3-15-32(16-4-1)33-29-30-46-41(31-33)49(38-22-8-11-27-44(38)51-45-28-12-9-23-39(45)49)40-24-13-21-36(48(40)52-46)35-20-14-26-43-47(35)37-19-7-10-25-42(37)50(43)34-17-5-2-6-18-34/h1-31H. The topological polar surface area (TPSA) is 4.93 Å². The smallest absolute Gasteiger partial charge is 0.0745 e. The molecule has 3 heterocycles. The number of para-hydroxylation sites is 2. The van der Waals surface area contributed by atoms with E-state index in [1.54, 1.807) is 0 Å². The van der Waals surface area contributed by atoms with E-state index in [1.165, 1.54) is 91.6 Å². The zero-order chi connectivity index (χ0) is 34.2. The first-order valence-corrected chi connectivity index (χ1v) is 19.4. The third kappa shape index (κ3) is 4.21. The predicted molar refractivity (Wildman–Crippen MR) is 218 cm³/mol. The van der Waals surface area contributed by atoms with Gasteiger partial charge in [0, 0.05) is 36.0 Å². The number of fused-ring (bicyclic) bond motifs is 11. The van der Waals surface area contributed by atoms with E-state index in [0.29, 0.717) is 0 Å². The fraction of sp³-hybridized carbons (Fsp3) is 0.0204. The fourth-order valence-corrected chi connectivity index (χ4v) is 11.3. The van der Waals surface area contributed by atoms with E-state index in [9.17, 15) is 0 Å². The Morgan fingerprint density at radius 3 is 1.77 bits per heavy atom. The van der Waals surface area contributed by atoms with Crippen LogP contribution >= 0.6 is 23.5 Å². The molecule has 11 rings (SSSR count). The van der Waals surface area contributed by atoms with E-state index in [1.807, 2.05) is 23.5 Å². The lowest BCUT2D eigenvalue weighted by Gasteiger charge is -2.46. The van der Waals surface area contributed by atoms with Crippen LogP contribution in [0.1, 0.15) is 22.3 Å². The van der Waals surface area contributed by atoms with E-state index in [-0.39, 0.29) is 0 Å². The molecule has 0 saturated heterocycles. The van der Waals surface area contributed by atoms with E-state index in [4.69, 9.17) is 0 Å². The normalized spacial score (nSPS) is 13.8. The summed E-state index contributed by atoms with van der Waals surface area (Å²) >= 11 is 3.82. The number of benzene rings is 8. The van der Waals surface area contributed by atoms with Gasteiger partial charge in [-0.15, -0.1) is 0 Å². The Kier molecular flexibility index (Phi) is 6.70. The van der Waals surface area contributed by atoms with Crippen LogP contribution in [-0.2, 0) is 5.41 Å². The summed E-state index contributed by atoms with van der Waals surface area (Å²) in [7, 11) is 0. The summed E-state index contributed by atoms with van der Waals surface area (Å²) in [6.45, 7) is 0. The highest BCUT2D eigenvalue weighted by Crippen LogP contribution is 2.63. The largest absolute Gasteiger partial charge is 0.309 e. The molecule has 9 aromatic rings. The van der Waals surface area contributed by atoms with Crippen molar-refractivity contribution < 1.29 is 0 Å². The number of aromatic nitrogens is 1. The van der Waals surface area contributed by atoms with Crippen molar-refractivity contribution in [2.45, 2.75) is 25.0 Å². The van der Waals surface area contributed by atoms with Crippen LogP contribution in [0.5, 0.6) is 0 Å². The molecule has 1 nitrogen and oxygen atoms in total. The molecule has 0 unspecified atom stereocenters. The first-order valence-electron chi connectivity index (χ1n) is 17.8. The average molecular weight is 698 g/mol. The van der Waals surface area contributed by atoms with Gasteiger partial charge in [-0.2, -0.15) is 0 Å². The van der Waals surface area contributed by atoms with E-state index < -0.39 is 5.41 Å². The monoisotopic (exact) mass is 697 g/mol. The number of hydrogen-bond donors (Lipinski definition) is 0. The number of hydrogen-bond acceptors (Lipinski definition) is 2. The van der Waals surface area contributed by atoms with Gasteiger partial charge in [-0.25, -0.2) is 0 Å². The van der Waals surface area contributed by atoms with E-state index >= 15 is 0 Å². The molecule has 244 valence electrons. The summed E-state index contributed by atoms with van der Waals surface area (Å²) in [5, 5.41) is 2.55. The van der Waals surface area contributed by atoms with Crippen LogP contribution in [0.2, 0.25) is 0 Å². The van der Waals surface area contributed by atoms with E-state index in [0.717, 1.165) is 0 Å². The second kappa shape index (κ2) is 11.6. The molecule has 0 N–H and O–H groups in total. The second-order valence-electron chi connectivity index (χ2n) is 13.6. The lowest BCUT2D eigenvalue weighted by Crippen LogP contribution is -2.36. The van der Waals surface area contributed by atoms with Gasteiger partial charge in [0.2, 0.25) is 0 Å². The van der Waals surface area contributed by atoms with Gasteiger partial charge in [-0.05, 0) is 93.0 Å². The van der Waals surface area contributed by atoms with Crippen LogP contribution in [0.25, 0.3) is 49.7 Å². The van der Waals surface area contributed by atoms with Crippen LogP contribution in [0.15, 0.2) is 208 Å². The molecule has 0 aliphatic carbocycles. The quantitative estimate of drug-likeness (QED) is 0.181. The SMILES string of the molecule is c1ccc(-c2ccc3c(c2)C2(c4ccccc4Sc4ccccc42)c2cccc(-c4cccc5c4c4ccccc4n5-c4ccccc4)c2S3)cc1. The highest BCUT2D eigenvalue weighted by molar-refractivity contribution is 8.00. The zero-order valence-corrected chi connectivity index (χ0v) is 29.8. The molecule has 0 amide bonds. The molecule has 2 aliphatic heterocycles. The fourth-order valence-electron chi connectivity index (χ4n) is 8.81. The van der Waals surface area contributed by atoms with Crippen molar-refractivity contribution in [3.8, 4) is 27.9 Å². The van der Waals surface area contributed by atoms with Crippen LogP contribution in [0.4, 0.5) is 0 Å². The summed E-state index contributed by atoms with van der Waals surface area (Å²) in [5.74, 6) is 0. The molecule has 0 saturated carbocycles. The van der Waals surface area contributed by atoms with Gasteiger partial charge in [0.05, 0.1) is 16.4 Å². The Hall–Kier alpha value is -5.74. The highest BCUT2D eigenvalue weighted by atomic mass is 32.2. The molecule has 1 aromatic heterocycles. The minimum absolute atomic E-state index is 0.499. The van der Waals surface area contributed by atoms with Gasteiger partial charge in [0.25, 0.3) is 0 Å². The van der Waals surface area contributed by atoms with Crippen molar-refractivity contribution in [1.82, 2.24) is 4.57 Å². The highest BCUT2D eigenvalue weighted by Gasteiger charge is 2.49. The van der Waals surface area contributed by atoms with Crippen molar-refractivity contribution >= 4 is 45.3 Å². The van der Waals surface area contributed by atoms with Crippen molar-refractivity contribution in [2.75, 3.05) is 0 Å². The predicted octanol–water partition coefficient (Wildman–Crippen LogP) is 13.4. The molecule has 52 heavy (non-hydrogen) atoms. The Morgan fingerprint density at radius 2 is 0.981 bits per heavy atom. The number of rotatable bonds is 3. The molecule has 0 radical (unpaired) electrons. The molecule has 0 fully saturated rings.